The van der Waals surface area contributed by atoms with Gasteiger partial charge in [0, 0.05) is 39.9 Å². The topological polar surface area (TPSA) is 53.0 Å². The van der Waals surface area contributed by atoms with E-state index in [1.165, 1.54) is 5.56 Å². The first-order chi connectivity index (χ1) is 10.6. The van der Waals surface area contributed by atoms with Gasteiger partial charge in [0.1, 0.15) is 0 Å². The van der Waals surface area contributed by atoms with Crippen molar-refractivity contribution in [3.05, 3.63) is 29.6 Å². The second-order valence-corrected chi connectivity index (χ2v) is 5.79. The quantitative estimate of drug-likeness (QED) is 0.509. The number of rotatable bonds is 4. The van der Waals surface area contributed by atoms with Gasteiger partial charge in [0.2, 0.25) is 0 Å². The van der Waals surface area contributed by atoms with Crippen LogP contribution in [0.15, 0.2) is 23.4 Å². The highest BCUT2D eigenvalue weighted by Crippen LogP contribution is 2.11. The van der Waals surface area contributed by atoms with Gasteiger partial charge >= 0.3 is 0 Å². The van der Waals surface area contributed by atoms with E-state index in [9.17, 15) is 0 Å². The van der Waals surface area contributed by atoms with Crippen molar-refractivity contribution in [2.24, 2.45) is 5.10 Å². The predicted octanol–water partition coefficient (Wildman–Crippen LogP) is 1.07. The number of hydrazone groups is 1. The summed E-state index contributed by atoms with van der Waals surface area (Å²) in [5.41, 5.74) is 5.79. The Bertz CT molecular complexity index is 540. The van der Waals surface area contributed by atoms with Gasteiger partial charge in [-0.1, -0.05) is 6.07 Å². The van der Waals surface area contributed by atoms with Gasteiger partial charge in [-0.2, -0.15) is 5.10 Å². The lowest BCUT2D eigenvalue weighted by Crippen LogP contribution is -2.36. The van der Waals surface area contributed by atoms with E-state index in [0.717, 1.165) is 44.3 Å². The number of ether oxygens (including phenoxy) is 1. The number of hydrogen-bond donors (Lipinski definition) is 1. The van der Waals surface area contributed by atoms with E-state index in [4.69, 9.17) is 17.0 Å². The molecule has 22 heavy (non-hydrogen) atoms. The molecule has 2 heterocycles. The van der Waals surface area contributed by atoms with Gasteiger partial charge in [0.25, 0.3) is 0 Å². The number of aromatic nitrogens is 1. The molecular weight excluding hydrogens is 298 g/mol. The number of pyridine rings is 1. The average Bonchev–Trinajstić information content (AvgIpc) is 2.53. The Hall–Kier alpha value is -1.57. The molecule has 6 nitrogen and oxygen atoms in total. The molecule has 1 aliphatic heterocycles. The van der Waals surface area contributed by atoms with Crippen molar-refractivity contribution in [3.8, 4) is 0 Å². The molecule has 0 saturated carbocycles. The minimum Gasteiger partial charge on any atom is -0.379 e. The molecule has 1 aromatic rings. The molecule has 120 valence electrons. The maximum Gasteiger partial charge on any atom is 0.189 e. The molecule has 0 amide bonds. The normalized spacial score (nSPS) is 16.4. The number of morpholine rings is 1. The summed E-state index contributed by atoms with van der Waals surface area (Å²) in [7, 11) is 3.76. The maximum absolute atomic E-state index is 5.39. The van der Waals surface area contributed by atoms with Gasteiger partial charge in [-0.25, -0.2) is 0 Å². The summed E-state index contributed by atoms with van der Waals surface area (Å²) in [4.78, 5) is 8.66. The third-order valence-corrected chi connectivity index (χ3v) is 3.91. The molecule has 0 radical (unpaired) electrons. The molecule has 2 rings (SSSR count). The summed E-state index contributed by atoms with van der Waals surface area (Å²) in [6.45, 7) is 6.29. The highest BCUT2D eigenvalue weighted by molar-refractivity contribution is 7.80. The SMILES string of the molecule is C/C(=N\NC(=S)N(C)C)c1ncccc1CN1CCOCC1. The predicted molar refractivity (Wildman–Crippen MR) is 92.0 cm³/mol. The van der Waals surface area contributed by atoms with Crippen LogP contribution >= 0.6 is 12.2 Å². The van der Waals surface area contributed by atoms with Crippen LogP contribution in [0.4, 0.5) is 0 Å². The summed E-state index contributed by atoms with van der Waals surface area (Å²) >= 11 is 5.18. The third-order valence-electron chi connectivity index (χ3n) is 3.46. The second-order valence-electron chi connectivity index (χ2n) is 5.41. The first kappa shape index (κ1) is 16.8. The van der Waals surface area contributed by atoms with Crippen LogP contribution < -0.4 is 5.43 Å². The van der Waals surface area contributed by atoms with Crippen molar-refractivity contribution in [2.45, 2.75) is 13.5 Å². The van der Waals surface area contributed by atoms with Crippen LogP contribution in [0, 0.1) is 0 Å². The van der Waals surface area contributed by atoms with E-state index < -0.39 is 0 Å². The molecule has 0 bridgehead atoms. The Labute approximate surface area is 137 Å². The van der Waals surface area contributed by atoms with E-state index in [1.807, 2.05) is 27.1 Å². The summed E-state index contributed by atoms with van der Waals surface area (Å²) < 4.78 is 5.39. The minimum absolute atomic E-state index is 0.574. The Morgan fingerprint density at radius 2 is 2.18 bits per heavy atom. The van der Waals surface area contributed by atoms with Crippen LogP contribution in [0.5, 0.6) is 0 Å². The molecule has 1 saturated heterocycles. The van der Waals surface area contributed by atoms with Crippen molar-refractivity contribution < 1.29 is 4.74 Å². The third kappa shape index (κ3) is 4.72. The average molecular weight is 321 g/mol. The zero-order valence-electron chi connectivity index (χ0n) is 13.4. The summed E-state index contributed by atoms with van der Waals surface area (Å²) in [5, 5.41) is 4.92. The highest BCUT2D eigenvalue weighted by Gasteiger charge is 2.14. The number of nitrogens with one attached hydrogen (secondary N) is 1. The summed E-state index contributed by atoms with van der Waals surface area (Å²) in [5.74, 6) is 0. The van der Waals surface area contributed by atoms with E-state index in [0.29, 0.717) is 5.11 Å². The zero-order valence-corrected chi connectivity index (χ0v) is 14.2. The highest BCUT2D eigenvalue weighted by atomic mass is 32.1. The van der Waals surface area contributed by atoms with Crippen molar-refractivity contribution in [3.63, 3.8) is 0 Å². The van der Waals surface area contributed by atoms with Crippen molar-refractivity contribution >= 4 is 23.0 Å². The van der Waals surface area contributed by atoms with E-state index in [1.54, 1.807) is 11.1 Å². The fourth-order valence-electron chi connectivity index (χ4n) is 2.18. The maximum atomic E-state index is 5.39. The Balaban J connectivity index is 2.09. The smallest absolute Gasteiger partial charge is 0.189 e. The summed E-state index contributed by atoms with van der Waals surface area (Å²) in [6, 6.07) is 4.06. The van der Waals surface area contributed by atoms with Crippen LogP contribution in [0.3, 0.4) is 0 Å². The van der Waals surface area contributed by atoms with Gasteiger partial charge in [0.05, 0.1) is 24.6 Å². The lowest BCUT2D eigenvalue weighted by atomic mass is 10.1. The van der Waals surface area contributed by atoms with Gasteiger partial charge in [-0.05, 0) is 30.8 Å². The molecule has 0 unspecified atom stereocenters. The molecule has 7 heteroatoms. The van der Waals surface area contributed by atoms with Crippen LogP contribution in [0.25, 0.3) is 0 Å². The number of nitrogens with zero attached hydrogens (tertiary/aromatic N) is 4. The molecule has 0 atom stereocenters. The fourth-order valence-corrected chi connectivity index (χ4v) is 2.22. The molecule has 0 aliphatic carbocycles. The Morgan fingerprint density at radius 3 is 2.86 bits per heavy atom. The van der Waals surface area contributed by atoms with E-state index in [-0.39, 0.29) is 0 Å². The van der Waals surface area contributed by atoms with Gasteiger partial charge in [-0.15, -0.1) is 0 Å². The molecule has 1 aliphatic rings. The van der Waals surface area contributed by atoms with E-state index >= 15 is 0 Å². The van der Waals surface area contributed by atoms with Crippen LogP contribution in [0.2, 0.25) is 0 Å². The van der Waals surface area contributed by atoms with Crippen molar-refractivity contribution in [1.29, 1.82) is 0 Å². The minimum atomic E-state index is 0.574. The van der Waals surface area contributed by atoms with Gasteiger partial charge in [0.15, 0.2) is 5.11 Å². The molecule has 0 aromatic carbocycles. The molecule has 0 spiro atoms. The first-order valence-corrected chi connectivity index (χ1v) is 7.74. The van der Waals surface area contributed by atoms with Crippen molar-refractivity contribution in [1.82, 2.24) is 20.2 Å². The standard InChI is InChI=1S/C15H23N5OS/c1-12(17-18-15(22)19(2)3)14-13(5-4-6-16-14)11-20-7-9-21-10-8-20/h4-6H,7-11H2,1-3H3,(H,18,22)/b17-12+. The molecule has 1 aromatic heterocycles. The zero-order chi connectivity index (χ0) is 15.9. The van der Waals surface area contributed by atoms with Crippen LogP contribution in [0.1, 0.15) is 18.2 Å². The Kier molecular flexibility index (Phi) is 6.23. The van der Waals surface area contributed by atoms with Gasteiger partial charge < -0.3 is 9.64 Å². The lowest BCUT2D eigenvalue weighted by molar-refractivity contribution is 0.0341. The molecule has 1 fully saturated rings. The Morgan fingerprint density at radius 1 is 1.45 bits per heavy atom. The van der Waals surface area contributed by atoms with Crippen molar-refractivity contribution in [2.75, 3.05) is 40.4 Å². The van der Waals surface area contributed by atoms with Gasteiger partial charge in [-0.3, -0.25) is 15.3 Å². The lowest BCUT2D eigenvalue weighted by Gasteiger charge is -2.27. The largest absolute Gasteiger partial charge is 0.379 e. The van der Waals surface area contributed by atoms with E-state index in [2.05, 4.69) is 26.5 Å². The summed E-state index contributed by atoms with van der Waals surface area (Å²) in [6.07, 6.45) is 1.79. The monoisotopic (exact) mass is 321 g/mol. The first-order valence-electron chi connectivity index (χ1n) is 7.34. The fraction of sp³-hybridized carbons (Fsp3) is 0.533. The molecule has 1 N–H and O–H groups in total. The number of thiocarbonyl (C=S) groups is 1. The molecular formula is C15H23N5OS. The number of hydrogen-bond acceptors (Lipinski definition) is 5. The van der Waals surface area contributed by atoms with Crippen LogP contribution in [-0.4, -0.2) is 66.0 Å². The van der Waals surface area contributed by atoms with Crippen LogP contribution in [-0.2, 0) is 11.3 Å². The second kappa shape index (κ2) is 8.17.